The van der Waals surface area contributed by atoms with E-state index in [1.165, 1.54) is 12.5 Å². The Morgan fingerprint density at radius 2 is 1.59 bits per heavy atom. The maximum absolute atomic E-state index is 13.8. The Hall–Kier alpha value is -1.41. The summed E-state index contributed by atoms with van der Waals surface area (Å²) < 4.78 is 53.8. The standard InChI is InChI=1S/C21H30O6S2/c1-28(23,24)14-12-18-17-10-6-7-11-19(17)27-21(20(18)22,13-15-29(2,25)26)16-8-4-3-5-9-16/h6-7,10-11,16,18H,3-5,8-9,12-15H2,1-2H3. The van der Waals surface area contributed by atoms with Crippen molar-refractivity contribution in [2.45, 2.75) is 56.5 Å². The van der Waals surface area contributed by atoms with Gasteiger partial charge in [0, 0.05) is 30.4 Å². The van der Waals surface area contributed by atoms with Crippen molar-refractivity contribution in [2.75, 3.05) is 24.0 Å². The van der Waals surface area contributed by atoms with Gasteiger partial charge >= 0.3 is 0 Å². The molecule has 8 heteroatoms. The molecule has 1 heterocycles. The summed E-state index contributed by atoms with van der Waals surface area (Å²) in [6, 6.07) is 7.24. The van der Waals surface area contributed by atoms with Crippen molar-refractivity contribution >= 4 is 25.5 Å². The average Bonchev–Trinajstić information content (AvgIpc) is 2.65. The second-order valence-electron chi connectivity index (χ2n) is 8.58. The number of hydrogen-bond donors (Lipinski definition) is 0. The highest BCUT2D eigenvalue weighted by atomic mass is 32.2. The number of ketones is 1. The first kappa shape index (κ1) is 22.3. The molecule has 1 aliphatic carbocycles. The fourth-order valence-electron chi connectivity index (χ4n) is 4.73. The van der Waals surface area contributed by atoms with Crippen LogP contribution in [-0.2, 0) is 24.5 Å². The zero-order valence-electron chi connectivity index (χ0n) is 17.1. The van der Waals surface area contributed by atoms with Crippen molar-refractivity contribution in [3.8, 4) is 5.75 Å². The molecule has 2 aliphatic rings. The van der Waals surface area contributed by atoms with Crippen LogP contribution in [0.25, 0.3) is 0 Å². The number of carbonyl (C=O) groups is 1. The summed E-state index contributed by atoms with van der Waals surface area (Å²) in [5.74, 6) is -0.461. The van der Waals surface area contributed by atoms with E-state index < -0.39 is 31.2 Å². The fourth-order valence-corrected chi connectivity index (χ4v) is 6.07. The number of rotatable bonds is 7. The summed E-state index contributed by atoms with van der Waals surface area (Å²) in [6.07, 6.45) is 7.33. The van der Waals surface area contributed by atoms with Crippen LogP contribution in [0.15, 0.2) is 24.3 Å². The van der Waals surface area contributed by atoms with Gasteiger partial charge in [-0.1, -0.05) is 37.5 Å². The highest BCUT2D eigenvalue weighted by Gasteiger charge is 2.53. The minimum atomic E-state index is -3.28. The molecular formula is C21H30O6S2. The lowest BCUT2D eigenvalue weighted by molar-refractivity contribution is -0.146. The van der Waals surface area contributed by atoms with Gasteiger partial charge in [-0.25, -0.2) is 16.8 Å². The number of benzene rings is 1. The summed E-state index contributed by atoms with van der Waals surface area (Å²) in [6.45, 7) is 0. The normalized spacial score (nSPS) is 26.0. The number of ether oxygens (including phenoxy) is 1. The zero-order chi connectivity index (χ0) is 21.3. The van der Waals surface area contributed by atoms with E-state index in [0.717, 1.165) is 32.1 Å². The van der Waals surface area contributed by atoms with Crippen LogP contribution in [0.2, 0.25) is 0 Å². The molecule has 2 atom stereocenters. The molecule has 6 nitrogen and oxygen atoms in total. The van der Waals surface area contributed by atoms with E-state index in [4.69, 9.17) is 4.74 Å². The number of carbonyl (C=O) groups excluding carboxylic acids is 1. The number of hydrogen-bond acceptors (Lipinski definition) is 6. The van der Waals surface area contributed by atoms with E-state index in [0.29, 0.717) is 11.3 Å². The highest BCUT2D eigenvalue weighted by Crippen LogP contribution is 2.48. The lowest BCUT2D eigenvalue weighted by atomic mass is 9.67. The molecule has 0 spiro atoms. The maximum atomic E-state index is 13.8. The van der Waals surface area contributed by atoms with Gasteiger partial charge in [-0.05, 0) is 25.3 Å². The highest BCUT2D eigenvalue weighted by molar-refractivity contribution is 7.90. The van der Waals surface area contributed by atoms with Crippen LogP contribution in [0.1, 0.15) is 56.4 Å². The fraction of sp³-hybridized carbons (Fsp3) is 0.667. The average molecular weight is 443 g/mol. The monoisotopic (exact) mass is 442 g/mol. The second-order valence-corrected chi connectivity index (χ2v) is 13.1. The molecule has 1 saturated carbocycles. The SMILES string of the molecule is CS(=O)(=O)CCC1C(=O)C(CCS(C)(=O)=O)(C2CCCCC2)Oc2ccccc21. The molecule has 3 rings (SSSR count). The molecule has 0 saturated heterocycles. The minimum absolute atomic E-state index is 0.0559. The molecule has 29 heavy (non-hydrogen) atoms. The minimum Gasteiger partial charge on any atom is -0.479 e. The van der Waals surface area contributed by atoms with Crippen molar-refractivity contribution in [1.82, 2.24) is 0 Å². The summed E-state index contributed by atoms with van der Waals surface area (Å²) in [5.41, 5.74) is -0.507. The van der Waals surface area contributed by atoms with E-state index in [1.807, 2.05) is 18.2 Å². The number of sulfone groups is 2. The molecule has 0 aromatic heterocycles. The maximum Gasteiger partial charge on any atom is 0.184 e. The molecule has 162 valence electrons. The van der Waals surface area contributed by atoms with Crippen LogP contribution in [0.5, 0.6) is 5.75 Å². The Morgan fingerprint density at radius 1 is 0.966 bits per heavy atom. The van der Waals surface area contributed by atoms with Gasteiger partial charge in [0.15, 0.2) is 11.4 Å². The van der Waals surface area contributed by atoms with Gasteiger partial charge in [-0.3, -0.25) is 4.79 Å². The molecule has 1 aromatic carbocycles. The van der Waals surface area contributed by atoms with Crippen LogP contribution >= 0.6 is 0 Å². The Labute approximate surface area is 173 Å². The van der Waals surface area contributed by atoms with Crippen molar-refractivity contribution in [3.63, 3.8) is 0 Å². The van der Waals surface area contributed by atoms with Gasteiger partial charge in [0.05, 0.1) is 17.4 Å². The topological polar surface area (TPSA) is 94.6 Å². The quantitative estimate of drug-likeness (QED) is 0.644. The first-order valence-electron chi connectivity index (χ1n) is 10.2. The Kier molecular flexibility index (Phi) is 6.44. The lowest BCUT2D eigenvalue weighted by Crippen LogP contribution is -2.57. The van der Waals surface area contributed by atoms with E-state index in [-0.39, 0.29) is 36.0 Å². The van der Waals surface area contributed by atoms with Crippen LogP contribution in [0, 0.1) is 5.92 Å². The van der Waals surface area contributed by atoms with Crippen LogP contribution in [0.3, 0.4) is 0 Å². The first-order valence-corrected chi connectivity index (χ1v) is 14.3. The Balaban J connectivity index is 2.05. The summed E-state index contributed by atoms with van der Waals surface area (Å²) in [4.78, 5) is 13.8. The molecule has 1 aromatic rings. The second kappa shape index (κ2) is 8.38. The van der Waals surface area contributed by atoms with E-state index in [1.54, 1.807) is 6.07 Å². The van der Waals surface area contributed by atoms with Gasteiger partial charge < -0.3 is 4.74 Å². The molecule has 2 unspecified atom stereocenters. The Bertz CT molecular complexity index is 961. The van der Waals surface area contributed by atoms with Crippen LogP contribution < -0.4 is 4.74 Å². The zero-order valence-corrected chi connectivity index (χ0v) is 18.7. The van der Waals surface area contributed by atoms with Crippen LogP contribution in [0.4, 0.5) is 0 Å². The first-order chi connectivity index (χ1) is 13.5. The predicted octanol–water partition coefficient (Wildman–Crippen LogP) is 2.92. The molecular weight excluding hydrogens is 412 g/mol. The molecule has 0 bridgehead atoms. The van der Waals surface area contributed by atoms with E-state index in [9.17, 15) is 21.6 Å². The molecule has 0 radical (unpaired) electrons. The Morgan fingerprint density at radius 3 is 2.21 bits per heavy atom. The third-order valence-electron chi connectivity index (χ3n) is 6.21. The number of fused-ring (bicyclic) bond motifs is 1. The molecule has 1 aliphatic heterocycles. The third-order valence-corrected chi connectivity index (χ3v) is 8.13. The molecule has 0 N–H and O–H groups in total. The van der Waals surface area contributed by atoms with Gasteiger partial charge in [0.25, 0.3) is 0 Å². The van der Waals surface area contributed by atoms with Gasteiger partial charge in [0.1, 0.15) is 25.4 Å². The summed E-state index contributed by atoms with van der Waals surface area (Å²) in [7, 11) is -6.52. The van der Waals surface area contributed by atoms with Gasteiger partial charge in [-0.2, -0.15) is 0 Å². The predicted molar refractivity (Wildman–Crippen MR) is 113 cm³/mol. The third kappa shape index (κ3) is 5.20. The largest absolute Gasteiger partial charge is 0.479 e. The van der Waals surface area contributed by atoms with Gasteiger partial charge in [-0.15, -0.1) is 0 Å². The summed E-state index contributed by atoms with van der Waals surface area (Å²) in [5, 5.41) is 0. The van der Waals surface area contributed by atoms with Crippen LogP contribution in [-0.4, -0.2) is 52.2 Å². The van der Waals surface area contributed by atoms with E-state index >= 15 is 0 Å². The molecule has 0 amide bonds. The smallest absolute Gasteiger partial charge is 0.184 e. The van der Waals surface area contributed by atoms with Crippen molar-refractivity contribution in [2.24, 2.45) is 5.92 Å². The van der Waals surface area contributed by atoms with E-state index in [2.05, 4.69) is 0 Å². The van der Waals surface area contributed by atoms with Crippen molar-refractivity contribution < 1.29 is 26.4 Å². The number of para-hydroxylation sites is 1. The van der Waals surface area contributed by atoms with Crippen molar-refractivity contribution in [1.29, 1.82) is 0 Å². The van der Waals surface area contributed by atoms with Crippen molar-refractivity contribution in [3.05, 3.63) is 29.8 Å². The lowest BCUT2D eigenvalue weighted by Gasteiger charge is -2.46. The molecule has 1 fully saturated rings. The number of Topliss-reactive ketones (excluding diaryl/α,β-unsaturated/α-hetero) is 1. The van der Waals surface area contributed by atoms with Gasteiger partial charge in [0.2, 0.25) is 0 Å². The summed E-state index contributed by atoms with van der Waals surface area (Å²) >= 11 is 0.